The van der Waals surface area contributed by atoms with Gasteiger partial charge < -0.3 is 4.90 Å². The van der Waals surface area contributed by atoms with Crippen molar-refractivity contribution in [2.75, 3.05) is 45.8 Å². The Morgan fingerprint density at radius 1 is 0.970 bits per heavy atom. The fraction of sp³-hybridized carbons (Fsp3) is 0.500. The molecule has 2 saturated heterocycles. The van der Waals surface area contributed by atoms with Crippen LogP contribution in [0, 0.1) is 18.3 Å². The number of benzene rings is 1. The zero-order valence-electron chi connectivity index (χ0n) is 19.8. The molecule has 0 radical (unpaired) electrons. The number of piperazine rings is 1. The van der Waals surface area contributed by atoms with Crippen LogP contribution in [0.1, 0.15) is 36.2 Å². The molecule has 1 aliphatic carbocycles. The Morgan fingerprint density at radius 2 is 1.73 bits per heavy atom. The minimum absolute atomic E-state index is 0.265. The number of aromatic nitrogens is 1. The Balaban J connectivity index is 1.05. The van der Waals surface area contributed by atoms with Gasteiger partial charge in [-0.1, -0.05) is 48.6 Å². The molecule has 33 heavy (non-hydrogen) atoms. The number of hydrogen-bond donors (Lipinski definition) is 0. The van der Waals surface area contributed by atoms with Gasteiger partial charge in [0.2, 0.25) is 5.91 Å². The molecule has 5 heteroatoms. The molecule has 0 bridgehead atoms. The van der Waals surface area contributed by atoms with E-state index in [4.69, 9.17) is 0 Å². The molecule has 1 unspecified atom stereocenters. The number of hydrogen-bond acceptors (Lipinski definition) is 4. The molecule has 1 amide bonds. The summed E-state index contributed by atoms with van der Waals surface area (Å²) in [4.78, 5) is 25.0. The lowest BCUT2D eigenvalue weighted by molar-refractivity contribution is -0.135. The largest absolute Gasteiger partial charge is 0.340 e. The first-order chi connectivity index (χ1) is 16.1. The molecule has 1 aromatic heterocycles. The van der Waals surface area contributed by atoms with E-state index >= 15 is 0 Å². The zero-order valence-corrected chi connectivity index (χ0v) is 19.8. The standard InChI is InChI=1S/C28H36N4O/c1-23-7-5-11-25(29-23)22-31-15-12-28(13-16-31)21-26(28)27(33)32-19-17-30(18-20-32)14-6-10-24-8-3-2-4-9-24/h2-11,26H,12-22H2,1H3/b10-6+. The molecule has 3 heterocycles. The molecule has 0 N–H and O–H groups in total. The van der Waals surface area contributed by atoms with E-state index in [9.17, 15) is 4.79 Å². The van der Waals surface area contributed by atoms with Gasteiger partial charge in [-0.25, -0.2) is 0 Å². The number of carbonyl (C=O) groups excluding carboxylic acids is 1. The predicted molar refractivity (Wildman–Crippen MR) is 133 cm³/mol. The first-order valence-electron chi connectivity index (χ1n) is 12.5. The smallest absolute Gasteiger partial charge is 0.226 e. The van der Waals surface area contributed by atoms with Crippen LogP contribution in [0.2, 0.25) is 0 Å². The summed E-state index contributed by atoms with van der Waals surface area (Å²) in [7, 11) is 0. The minimum atomic E-state index is 0.265. The summed E-state index contributed by atoms with van der Waals surface area (Å²) in [6.07, 6.45) is 7.83. The van der Waals surface area contributed by atoms with Gasteiger partial charge in [0.1, 0.15) is 0 Å². The highest BCUT2D eigenvalue weighted by atomic mass is 16.2. The fourth-order valence-electron chi connectivity index (χ4n) is 5.60. The first-order valence-corrected chi connectivity index (χ1v) is 12.5. The van der Waals surface area contributed by atoms with Crippen LogP contribution < -0.4 is 0 Å². The summed E-state index contributed by atoms with van der Waals surface area (Å²) in [5.41, 5.74) is 3.77. The lowest BCUT2D eigenvalue weighted by Crippen LogP contribution is -2.49. The minimum Gasteiger partial charge on any atom is -0.340 e. The van der Waals surface area contributed by atoms with Gasteiger partial charge in [0, 0.05) is 50.9 Å². The van der Waals surface area contributed by atoms with Gasteiger partial charge in [-0.2, -0.15) is 0 Å². The maximum atomic E-state index is 13.2. The van der Waals surface area contributed by atoms with Gasteiger partial charge in [0.15, 0.2) is 0 Å². The third-order valence-electron chi connectivity index (χ3n) is 7.83. The topological polar surface area (TPSA) is 39.7 Å². The Kier molecular flexibility index (Phi) is 6.61. The van der Waals surface area contributed by atoms with Crippen LogP contribution in [0.4, 0.5) is 0 Å². The number of piperidine rings is 1. The van der Waals surface area contributed by atoms with Crippen molar-refractivity contribution in [2.45, 2.75) is 32.7 Å². The van der Waals surface area contributed by atoms with Gasteiger partial charge in [-0.3, -0.25) is 19.6 Å². The SMILES string of the molecule is Cc1cccc(CN2CCC3(CC2)CC3C(=O)N2CCN(C/C=C/c3ccccc3)CC2)n1. The summed E-state index contributed by atoms with van der Waals surface area (Å²) in [5, 5.41) is 0. The number of likely N-dealkylation sites (tertiary alicyclic amines) is 1. The Bertz CT molecular complexity index is 972. The number of carbonyl (C=O) groups is 1. The maximum absolute atomic E-state index is 13.2. The van der Waals surface area contributed by atoms with Crippen LogP contribution in [-0.4, -0.2) is 71.4 Å². The lowest BCUT2D eigenvalue weighted by Gasteiger charge is -2.36. The molecule has 1 saturated carbocycles. The summed E-state index contributed by atoms with van der Waals surface area (Å²) < 4.78 is 0. The van der Waals surface area contributed by atoms with Gasteiger partial charge in [0.05, 0.1) is 5.69 Å². The Morgan fingerprint density at radius 3 is 2.45 bits per heavy atom. The van der Waals surface area contributed by atoms with E-state index in [1.54, 1.807) is 0 Å². The van der Waals surface area contributed by atoms with E-state index in [1.165, 1.54) is 5.56 Å². The van der Waals surface area contributed by atoms with Crippen molar-refractivity contribution in [1.82, 2.24) is 19.7 Å². The molecule has 2 aliphatic heterocycles. The second-order valence-electron chi connectivity index (χ2n) is 10.1. The highest BCUT2D eigenvalue weighted by Gasteiger charge is 2.59. The van der Waals surface area contributed by atoms with Crippen molar-refractivity contribution in [3.05, 3.63) is 71.6 Å². The molecule has 174 valence electrons. The van der Waals surface area contributed by atoms with Crippen LogP contribution in [0.25, 0.3) is 6.08 Å². The maximum Gasteiger partial charge on any atom is 0.226 e. The third-order valence-corrected chi connectivity index (χ3v) is 7.83. The number of aryl methyl sites for hydroxylation is 1. The summed E-state index contributed by atoms with van der Waals surface area (Å²) >= 11 is 0. The molecule has 1 atom stereocenters. The lowest BCUT2D eigenvalue weighted by atomic mass is 9.90. The zero-order chi connectivity index (χ0) is 22.7. The van der Waals surface area contributed by atoms with Gasteiger partial charge >= 0.3 is 0 Å². The van der Waals surface area contributed by atoms with Crippen LogP contribution >= 0.6 is 0 Å². The molecule has 2 aromatic rings. The molecule has 3 fully saturated rings. The first kappa shape index (κ1) is 22.3. The number of rotatable bonds is 6. The van der Waals surface area contributed by atoms with Crippen molar-refractivity contribution < 1.29 is 4.79 Å². The predicted octanol–water partition coefficient (Wildman–Crippen LogP) is 3.85. The van der Waals surface area contributed by atoms with Crippen molar-refractivity contribution in [3.63, 3.8) is 0 Å². The van der Waals surface area contributed by atoms with Gasteiger partial charge in [-0.05, 0) is 62.4 Å². The highest BCUT2D eigenvalue weighted by molar-refractivity contribution is 5.83. The van der Waals surface area contributed by atoms with Crippen LogP contribution in [0.15, 0.2) is 54.6 Å². The average Bonchev–Trinajstić information content (AvgIpc) is 3.55. The van der Waals surface area contributed by atoms with E-state index < -0.39 is 0 Å². The van der Waals surface area contributed by atoms with Crippen molar-refractivity contribution >= 4 is 12.0 Å². The van der Waals surface area contributed by atoms with Crippen molar-refractivity contribution in [2.24, 2.45) is 11.3 Å². The Labute approximate surface area is 198 Å². The molecule has 1 spiro atoms. The number of pyridine rings is 1. The van der Waals surface area contributed by atoms with Gasteiger partial charge in [-0.15, -0.1) is 0 Å². The second kappa shape index (κ2) is 9.78. The normalized spacial score (nSPS) is 23.3. The quantitative estimate of drug-likeness (QED) is 0.679. The van der Waals surface area contributed by atoms with Crippen LogP contribution in [0.3, 0.4) is 0 Å². The number of amides is 1. The molecule has 3 aliphatic rings. The number of nitrogens with zero attached hydrogens (tertiary/aromatic N) is 4. The fourth-order valence-corrected chi connectivity index (χ4v) is 5.60. The molecule has 5 rings (SSSR count). The molecule has 5 nitrogen and oxygen atoms in total. The molecular formula is C28H36N4O. The highest BCUT2D eigenvalue weighted by Crippen LogP contribution is 2.60. The molecule has 1 aromatic carbocycles. The van der Waals surface area contributed by atoms with E-state index in [-0.39, 0.29) is 11.3 Å². The van der Waals surface area contributed by atoms with Gasteiger partial charge in [0.25, 0.3) is 0 Å². The average molecular weight is 445 g/mol. The van der Waals surface area contributed by atoms with E-state index in [0.717, 1.165) is 83.0 Å². The van der Waals surface area contributed by atoms with Crippen LogP contribution in [-0.2, 0) is 11.3 Å². The monoisotopic (exact) mass is 444 g/mol. The second-order valence-corrected chi connectivity index (χ2v) is 10.1. The summed E-state index contributed by atoms with van der Waals surface area (Å²) in [6.45, 7) is 9.79. The van der Waals surface area contributed by atoms with E-state index in [1.807, 2.05) is 6.07 Å². The van der Waals surface area contributed by atoms with Crippen molar-refractivity contribution in [1.29, 1.82) is 0 Å². The summed E-state index contributed by atoms with van der Waals surface area (Å²) in [5.74, 6) is 0.685. The third kappa shape index (κ3) is 5.36. The Hall–Kier alpha value is -2.50. The molecular weight excluding hydrogens is 408 g/mol. The van der Waals surface area contributed by atoms with E-state index in [2.05, 4.69) is 81.2 Å². The van der Waals surface area contributed by atoms with Crippen molar-refractivity contribution in [3.8, 4) is 0 Å². The summed E-state index contributed by atoms with van der Waals surface area (Å²) in [6, 6.07) is 16.7. The van der Waals surface area contributed by atoms with E-state index in [0.29, 0.717) is 5.91 Å². The van der Waals surface area contributed by atoms with Crippen LogP contribution in [0.5, 0.6) is 0 Å².